The molecule has 26 heavy (non-hydrogen) atoms. The molecule has 0 saturated carbocycles. The first kappa shape index (κ1) is 17.9. The molecule has 1 aliphatic rings. The fourth-order valence-electron chi connectivity index (χ4n) is 3.23. The van der Waals surface area contributed by atoms with Gasteiger partial charge >= 0.3 is 12.0 Å². The molecule has 2 atom stereocenters. The van der Waals surface area contributed by atoms with Gasteiger partial charge in [0, 0.05) is 18.7 Å². The van der Waals surface area contributed by atoms with Gasteiger partial charge in [-0.1, -0.05) is 48.5 Å². The molecule has 1 saturated heterocycles. The van der Waals surface area contributed by atoms with E-state index in [1.54, 1.807) is 18.2 Å². The Hall–Kier alpha value is -2.89. The number of nitrogens with one attached hydrogen (secondary N) is 1. The smallest absolute Gasteiger partial charge is 0.317 e. The molecule has 3 rings (SSSR count). The lowest BCUT2D eigenvalue weighted by atomic mass is 9.98. The van der Waals surface area contributed by atoms with E-state index in [0.29, 0.717) is 24.9 Å². The van der Waals surface area contributed by atoms with Crippen molar-refractivity contribution >= 4 is 12.0 Å². The van der Waals surface area contributed by atoms with Gasteiger partial charge in [0.1, 0.15) is 5.82 Å². The number of aliphatic carboxylic acids is 1. The molecule has 1 heterocycles. The SMILES string of the molecule is O=C(O)C1CCN(C(=O)NC(Cc2ccccc2)c2ccccc2F)C1. The summed E-state index contributed by atoms with van der Waals surface area (Å²) in [7, 11) is 0. The highest BCUT2D eigenvalue weighted by Gasteiger charge is 2.32. The number of hydrogen-bond acceptors (Lipinski definition) is 2. The van der Waals surface area contributed by atoms with E-state index in [2.05, 4.69) is 5.32 Å². The highest BCUT2D eigenvalue weighted by atomic mass is 19.1. The van der Waals surface area contributed by atoms with Crippen LogP contribution in [-0.4, -0.2) is 35.1 Å². The zero-order chi connectivity index (χ0) is 18.5. The largest absolute Gasteiger partial charge is 0.481 e. The fraction of sp³-hybridized carbons (Fsp3) is 0.300. The number of amides is 2. The van der Waals surface area contributed by atoms with Crippen LogP contribution in [-0.2, 0) is 11.2 Å². The second kappa shape index (κ2) is 7.99. The summed E-state index contributed by atoms with van der Waals surface area (Å²) in [5.74, 6) is -1.81. The summed E-state index contributed by atoms with van der Waals surface area (Å²) in [5, 5.41) is 12.0. The number of likely N-dealkylation sites (tertiary alicyclic amines) is 1. The van der Waals surface area contributed by atoms with Gasteiger partial charge in [0.05, 0.1) is 12.0 Å². The van der Waals surface area contributed by atoms with Crippen molar-refractivity contribution in [2.75, 3.05) is 13.1 Å². The number of carboxylic acid groups (broad SMARTS) is 1. The zero-order valence-corrected chi connectivity index (χ0v) is 14.3. The number of halogens is 1. The van der Waals surface area contributed by atoms with E-state index in [1.165, 1.54) is 11.0 Å². The third-order valence-corrected chi connectivity index (χ3v) is 4.69. The Morgan fingerprint density at radius 3 is 2.50 bits per heavy atom. The Morgan fingerprint density at radius 1 is 1.15 bits per heavy atom. The molecule has 2 amide bonds. The lowest BCUT2D eigenvalue weighted by molar-refractivity contribution is -0.141. The maximum absolute atomic E-state index is 14.3. The third-order valence-electron chi connectivity index (χ3n) is 4.69. The third kappa shape index (κ3) is 4.20. The first-order chi connectivity index (χ1) is 12.5. The summed E-state index contributed by atoms with van der Waals surface area (Å²) in [5.41, 5.74) is 1.39. The van der Waals surface area contributed by atoms with E-state index in [1.807, 2.05) is 30.3 Å². The van der Waals surface area contributed by atoms with E-state index >= 15 is 0 Å². The number of nitrogens with zero attached hydrogens (tertiary/aromatic N) is 1. The molecule has 1 aliphatic heterocycles. The fourth-order valence-corrected chi connectivity index (χ4v) is 3.23. The molecule has 0 spiro atoms. The topological polar surface area (TPSA) is 69.6 Å². The first-order valence-corrected chi connectivity index (χ1v) is 8.61. The molecule has 136 valence electrons. The van der Waals surface area contributed by atoms with Gasteiger partial charge in [-0.25, -0.2) is 9.18 Å². The molecule has 0 bridgehead atoms. The first-order valence-electron chi connectivity index (χ1n) is 8.61. The van der Waals surface area contributed by atoms with Crippen LogP contribution in [0.25, 0.3) is 0 Å². The molecule has 2 aromatic carbocycles. The van der Waals surface area contributed by atoms with Gasteiger partial charge < -0.3 is 15.3 Å². The second-order valence-electron chi connectivity index (χ2n) is 6.48. The van der Waals surface area contributed by atoms with Crippen molar-refractivity contribution in [3.05, 3.63) is 71.5 Å². The molecule has 0 aliphatic carbocycles. The van der Waals surface area contributed by atoms with Gasteiger partial charge in [-0.05, 0) is 24.5 Å². The zero-order valence-electron chi connectivity index (χ0n) is 14.3. The van der Waals surface area contributed by atoms with Crippen LogP contribution < -0.4 is 5.32 Å². The second-order valence-corrected chi connectivity index (χ2v) is 6.48. The number of hydrogen-bond donors (Lipinski definition) is 2. The van der Waals surface area contributed by atoms with Crippen molar-refractivity contribution in [1.82, 2.24) is 10.2 Å². The van der Waals surface area contributed by atoms with Crippen molar-refractivity contribution < 1.29 is 19.1 Å². The summed E-state index contributed by atoms with van der Waals surface area (Å²) in [6.07, 6.45) is 0.884. The van der Waals surface area contributed by atoms with Crippen LogP contribution in [0.3, 0.4) is 0 Å². The number of carbonyl (C=O) groups is 2. The van der Waals surface area contributed by atoms with Crippen LogP contribution >= 0.6 is 0 Å². The molecule has 2 N–H and O–H groups in total. The molecule has 6 heteroatoms. The van der Waals surface area contributed by atoms with Gasteiger partial charge in [-0.3, -0.25) is 4.79 Å². The minimum Gasteiger partial charge on any atom is -0.481 e. The molecular formula is C20H21FN2O3. The monoisotopic (exact) mass is 356 g/mol. The number of benzene rings is 2. The number of carboxylic acids is 1. The highest BCUT2D eigenvalue weighted by molar-refractivity contribution is 5.77. The normalized spacial score (nSPS) is 17.7. The summed E-state index contributed by atoms with van der Waals surface area (Å²) in [4.78, 5) is 25.2. The van der Waals surface area contributed by atoms with Crippen molar-refractivity contribution in [2.45, 2.75) is 18.9 Å². The van der Waals surface area contributed by atoms with Gasteiger partial charge in [0.2, 0.25) is 0 Å². The van der Waals surface area contributed by atoms with Crippen molar-refractivity contribution in [3.63, 3.8) is 0 Å². The van der Waals surface area contributed by atoms with Gasteiger partial charge in [-0.15, -0.1) is 0 Å². The number of urea groups is 1. The lowest BCUT2D eigenvalue weighted by Crippen LogP contribution is -2.41. The van der Waals surface area contributed by atoms with Crippen LogP contribution in [0.1, 0.15) is 23.6 Å². The Bertz CT molecular complexity index is 782. The molecule has 0 radical (unpaired) electrons. The Labute approximate surface area is 151 Å². The maximum atomic E-state index is 14.3. The van der Waals surface area contributed by atoms with E-state index in [4.69, 9.17) is 5.11 Å². The Morgan fingerprint density at radius 2 is 1.85 bits per heavy atom. The lowest BCUT2D eigenvalue weighted by Gasteiger charge is -2.24. The highest BCUT2D eigenvalue weighted by Crippen LogP contribution is 2.23. The van der Waals surface area contributed by atoms with Crippen LogP contribution in [0, 0.1) is 11.7 Å². The summed E-state index contributed by atoms with van der Waals surface area (Å²) in [6, 6.07) is 15.0. The van der Waals surface area contributed by atoms with Crippen LogP contribution in [0.2, 0.25) is 0 Å². The molecular weight excluding hydrogens is 335 g/mol. The minimum atomic E-state index is -0.893. The van der Waals surface area contributed by atoms with E-state index in [9.17, 15) is 14.0 Å². The molecule has 0 aromatic heterocycles. The van der Waals surface area contributed by atoms with Crippen LogP contribution in [0.4, 0.5) is 9.18 Å². The van der Waals surface area contributed by atoms with Gasteiger partial charge in [0.25, 0.3) is 0 Å². The van der Waals surface area contributed by atoms with Gasteiger partial charge in [-0.2, -0.15) is 0 Å². The number of rotatable bonds is 5. The predicted octanol–water partition coefficient (Wildman–Crippen LogP) is 3.23. The minimum absolute atomic E-state index is 0.177. The molecule has 1 fully saturated rings. The van der Waals surface area contributed by atoms with Crippen molar-refractivity contribution in [1.29, 1.82) is 0 Å². The molecule has 2 aromatic rings. The quantitative estimate of drug-likeness (QED) is 0.864. The van der Waals surface area contributed by atoms with E-state index in [-0.39, 0.29) is 18.4 Å². The summed E-state index contributed by atoms with van der Waals surface area (Å²) in [6.45, 7) is 0.564. The Balaban J connectivity index is 1.77. The van der Waals surface area contributed by atoms with E-state index < -0.39 is 17.9 Å². The van der Waals surface area contributed by atoms with Gasteiger partial charge in [0.15, 0.2) is 0 Å². The standard InChI is InChI=1S/C20H21FN2O3/c21-17-9-5-4-8-16(17)18(12-14-6-2-1-3-7-14)22-20(26)23-11-10-15(13-23)19(24)25/h1-9,15,18H,10-13H2,(H,22,26)(H,24,25). The summed E-state index contributed by atoms with van der Waals surface area (Å²) < 4.78 is 14.3. The maximum Gasteiger partial charge on any atom is 0.317 e. The van der Waals surface area contributed by atoms with Crippen LogP contribution in [0.15, 0.2) is 54.6 Å². The van der Waals surface area contributed by atoms with E-state index in [0.717, 1.165) is 5.56 Å². The Kier molecular flexibility index (Phi) is 5.51. The molecule has 5 nitrogen and oxygen atoms in total. The van der Waals surface area contributed by atoms with Crippen LogP contribution in [0.5, 0.6) is 0 Å². The number of carbonyl (C=O) groups excluding carboxylic acids is 1. The summed E-state index contributed by atoms with van der Waals surface area (Å²) >= 11 is 0. The average molecular weight is 356 g/mol. The molecule has 2 unspecified atom stereocenters. The van der Waals surface area contributed by atoms with Crippen molar-refractivity contribution in [3.8, 4) is 0 Å². The van der Waals surface area contributed by atoms with Crippen molar-refractivity contribution in [2.24, 2.45) is 5.92 Å². The predicted molar refractivity (Wildman–Crippen MR) is 95.1 cm³/mol. The average Bonchev–Trinajstić information content (AvgIpc) is 3.13.